The summed E-state index contributed by atoms with van der Waals surface area (Å²) in [6.45, 7) is 4.25. The molecule has 64 valence electrons. The van der Waals surface area contributed by atoms with E-state index in [1.54, 1.807) is 0 Å². The van der Waals surface area contributed by atoms with E-state index in [1.807, 2.05) is 0 Å². The average Bonchev–Trinajstić information content (AvgIpc) is 1.93. The first-order valence-corrected chi connectivity index (χ1v) is 4.84. The average molecular weight is 154 g/mol. The van der Waals surface area contributed by atoms with Crippen LogP contribution in [0.1, 0.15) is 39.5 Å². The molecule has 0 aliphatic heterocycles. The Balaban J connectivity index is 2.17. The van der Waals surface area contributed by atoms with Crippen LogP contribution in [0.2, 0.25) is 5.82 Å². The van der Waals surface area contributed by atoms with Gasteiger partial charge < -0.3 is 4.74 Å². The number of ether oxygens (including phenoxy) is 1. The lowest BCUT2D eigenvalue weighted by Gasteiger charge is -2.27. The first kappa shape index (κ1) is 9.12. The van der Waals surface area contributed by atoms with Crippen LogP contribution in [0.4, 0.5) is 0 Å². The topological polar surface area (TPSA) is 9.23 Å². The van der Waals surface area contributed by atoms with Crippen molar-refractivity contribution in [2.24, 2.45) is 0 Å². The molecule has 0 saturated heterocycles. The Morgan fingerprint density at radius 2 is 1.73 bits per heavy atom. The molecular formula is C9H19BO. The zero-order chi connectivity index (χ0) is 8.27. The van der Waals surface area contributed by atoms with E-state index < -0.39 is 0 Å². The summed E-state index contributed by atoms with van der Waals surface area (Å²) in [6, 6.07) is 0. The normalized spacial score (nSPS) is 32.6. The van der Waals surface area contributed by atoms with E-state index in [0.717, 1.165) is 5.82 Å². The molecule has 1 nitrogen and oxygen atoms in total. The van der Waals surface area contributed by atoms with Gasteiger partial charge in [0.2, 0.25) is 0 Å². The molecule has 0 aromatic carbocycles. The molecule has 0 atom stereocenters. The fourth-order valence-electron chi connectivity index (χ4n) is 1.75. The van der Waals surface area contributed by atoms with Crippen LogP contribution in [0.5, 0.6) is 0 Å². The van der Waals surface area contributed by atoms with Gasteiger partial charge in [0.1, 0.15) is 7.85 Å². The molecule has 0 spiro atoms. The van der Waals surface area contributed by atoms with E-state index in [9.17, 15) is 0 Å². The molecule has 1 aliphatic carbocycles. The summed E-state index contributed by atoms with van der Waals surface area (Å²) in [6.07, 6.45) is 6.24. The second-order valence-corrected chi connectivity index (χ2v) is 4.07. The molecule has 1 rings (SSSR count). The maximum Gasteiger partial charge on any atom is 0.105 e. The molecule has 2 heteroatoms. The molecular weight excluding hydrogens is 135 g/mol. The molecule has 1 fully saturated rings. The first-order chi connectivity index (χ1) is 5.18. The van der Waals surface area contributed by atoms with Crippen LogP contribution in [0.25, 0.3) is 0 Å². The molecule has 0 amide bonds. The van der Waals surface area contributed by atoms with E-state index in [-0.39, 0.29) is 0 Å². The van der Waals surface area contributed by atoms with E-state index >= 15 is 0 Å². The highest BCUT2D eigenvalue weighted by atomic mass is 16.5. The van der Waals surface area contributed by atoms with Crippen molar-refractivity contribution < 1.29 is 4.74 Å². The highest BCUT2D eigenvalue weighted by molar-refractivity contribution is 6.11. The minimum atomic E-state index is 0.411. The second kappa shape index (κ2) is 4.15. The Hall–Kier alpha value is 0.0249. The Morgan fingerprint density at radius 1 is 1.18 bits per heavy atom. The van der Waals surface area contributed by atoms with E-state index in [1.165, 1.54) is 25.7 Å². The molecule has 0 radical (unpaired) electrons. The highest BCUT2D eigenvalue weighted by Gasteiger charge is 2.18. The van der Waals surface area contributed by atoms with Gasteiger partial charge in [0, 0.05) is 0 Å². The summed E-state index contributed by atoms with van der Waals surface area (Å²) in [5.41, 5.74) is 0. The third-order valence-electron chi connectivity index (χ3n) is 2.43. The van der Waals surface area contributed by atoms with Crippen molar-refractivity contribution in [3.05, 3.63) is 0 Å². The van der Waals surface area contributed by atoms with Crippen molar-refractivity contribution in [2.45, 2.75) is 57.6 Å². The van der Waals surface area contributed by atoms with Crippen molar-refractivity contribution in [1.29, 1.82) is 0 Å². The first-order valence-electron chi connectivity index (χ1n) is 4.84. The molecule has 1 aliphatic rings. The summed E-state index contributed by atoms with van der Waals surface area (Å²) in [5.74, 6) is 0.932. The van der Waals surface area contributed by atoms with Gasteiger partial charge in [-0.05, 0) is 26.7 Å². The molecule has 0 heterocycles. The monoisotopic (exact) mass is 154 g/mol. The predicted octanol–water partition coefficient (Wildman–Crippen LogP) is 1.78. The van der Waals surface area contributed by atoms with Crippen molar-refractivity contribution in [3.8, 4) is 0 Å². The zero-order valence-electron chi connectivity index (χ0n) is 7.97. The molecule has 0 aromatic rings. The van der Waals surface area contributed by atoms with Crippen molar-refractivity contribution >= 4 is 7.85 Å². The lowest BCUT2D eigenvalue weighted by atomic mass is 9.75. The Kier molecular flexibility index (Phi) is 3.44. The number of hydrogen-bond donors (Lipinski definition) is 0. The maximum atomic E-state index is 5.74. The fourth-order valence-corrected chi connectivity index (χ4v) is 1.75. The van der Waals surface area contributed by atoms with Gasteiger partial charge in [0.15, 0.2) is 0 Å². The fraction of sp³-hybridized carbons (Fsp3) is 1.00. The zero-order valence-corrected chi connectivity index (χ0v) is 7.97. The summed E-state index contributed by atoms with van der Waals surface area (Å²) in [7, 11) is 2.34. The standard InChI is InChI=1S/C9H19BO/c1-7(2)11-9-5-3-8(10)4-6-9/h7-9H,3-6,10H2,1-2H3. The lowest BCUT2D eigenvalue weighted by molar-refractivity contribution is -0.0116. The van der Waals surface area contributed by atoms with E-state index in [4.69, 9.17) is 4.74 Å². The molecule has 0 aromatic heterocycles. The third-order valence-corrected chi connectivity index (χ3v) is 2.43. The second-order valence-electron chi connectivity index (χ2n) is 4.07. The van der Waals surface area contributed by atoms with E-state index in [0.29, 0.717) is 12.2 Å². The van der Waals surface area contributed by atoms with Crippen LogP contribution in [-0.2, 0) is 4.74 Å². The third kappa shape index (κ3) is 3.28. The van der Waals surface area contributed by atoms with Crippen molar-refractivity contribution in [2.75, 3.05) is 0 Å². The van der Waals surface area contributed by atoms with Crippen molar-refractivity contribution in [1.82, 2.24) is 0 Å². The van der Waals surface area contributed by atoms with E-state index in [2.05, 4.69) is 21.7 Å². The number of rotatable bonds is 2. The molecule has 0 unspecified atom stereocenters. The SMILES string of the molecule is BC1CCC(OC(C)C)CC1. The van der Waals surface area contributed by atoms with Gasteiger partial charge in [-0.25, -0.2) is 0 Å². The van der Waals surface area contributed by atoms with Crippen LogP contribution in [0, 0.1) is 0 Å². The molecule has 0 bridgehead atoms. The Morgan fingerprint density at radius 3 is 2.18 bits per heavy atom. The van der Waals surface area contributed by atoms with Gasteiger partial charge in [-0.2, -0.15) is 0 Å². The summed E-state index contributed by atoms with van der Waals surface area (Å²) in [5, 5.41) is 0. The molecule has 1 saturated carbocycles. The molecule has 11 heavy (non-hydrogen) atoms. The van der Waals surface area contributed by atoms with Crippen LogP contribution in [-0.4, -0.2) is 20.1 Å². The van der Waals surface area contributed by atoms with Gasteiger partial charge in [0.05, 0.1) is 12.2 Å². The summed E-state index contributed by atoms with van der Waals surface area (Å²) in [4.78, 5) is 0. The Labute approximate surface area is 70.9 Å². The smallest absolute Gasteiger partial charge is 0.105 e. The predicted molar refractivity (Wildman–Crippen MR) is 50.8 cm³/mol. The minimum absolute atomic E-state index is 0.411. The van der Waals surface area contributed by atoms with Crippen LogP contribution in [0.3, 0.4) is 0 Å². The van der Waals surface area contributed by atoms with Crippen LogP contribution < -0.4 is 0 Å². The van der Waals surface area contributed by atoms with Crippen molar-refractivity contribution in [3.63, 3.8) is 0 Å². The van der Waals surface area contributed by atoms with Crippen LogP contribution >= 0.6 is 0 Å². The lowest BCUT2D eigenvalue weighted by Crippen LogP contribution is -2.22. The minimum Gasteiger partial charge on any atom is -0.376 e. The van der Waals surface area contributed by atoms with Gasteiger partial charge in [-0.3, -0.25) is 0 Å². The largest absolute Gasteiger partial charge is 0.376 e. The number of hydrogen-bond acceptors (Lipinski definition) is 1. The maximum absolute atomic E-state index is 5.74. The Bertz CT molecular complexity index is 106. The quantitative estimate of drug-likeness (QED) is 0.551. The van der Waals surface area contributed by atoms with Gasteiger partial charge in [-0.1, -0.05) is 18.7 Å². The highest BCUT2D eigenvalue weighted by Crippen LogP contribution is 2.28. The van der Waals surface area contributed by atoms with Crippen LogP contribution in [0.15, 0.2) is 0 Å². The summed E-state index contributed by atoms with van der Waals surface area (Å²) >= 11 is 0. The van der Waals surface area contributed by atoms with Gasteiger partial charge in [-0.15, -0.1) is 0 Å². The molecule has 0 N–H and O–H groups in total. The van der Waals surface area contributed by atoms with Gasteiger partial charge in [0.25, 0.3) is 0 Å². The van der Waals surface area contributed by atoms with Gasteiger partial charge >= 0.3 is 0 Å². The summed E-state index contributed by atoms with van der Waals surface area (Å²) < 4.78 is 5.74.